The molecule has 3 rings (SSSR count). The summed E-state index contributed by atoms with van der Waals surface area (Å²) in [5.41, 5.74) is 1.53. The van der Waals surface area contributed by atoms with Gasteiger partial charge in [0.05, 0.1) is 32.5 Å². The molecular weight excluding hydrogens is 476 g/mol. The van der Waals surface area contributed by atoms with Crippen LogP contribution in [-0.4, -0.2) is 33.1 Å². The van der Waals surface area contributed by atoms with E-state index in [-0.39, 0.29) is 11.5 Å². The molecule has 6 nitrogen and oxygen atoms in total. The number of carbonyl (C=O) groups excluding carboxylic acids is 2. The van der Waals surface area contributed by atoms with Gasteiger partial charge in [-0.15, -0.1) is 0 Å². The van der Waals surface area contributed by atoms with Crippen molar-refractivity contribution in [2.75, 3.05) is 21.3 Å². The smallest absolute Gasteiger partial charge is 0.343 e. The molecule has 3 aromatic rings. The van der Waals surface area contributed by atoms with Crippen molar-refractivity contribution in [2.24, 2.45) is 0 Å². The molecule has 164 valence electrons. The SMILES string of the molecule is COc1ccc(C(=O)/C=C/c2ccc(OC(=O)c3ccc(Br)cc3)c(OC)c2)c(OC)c1. The number of hydrogen-bond acceptors (Lipinski definition) is 6. The zero-order chi connectivity index (χ0) is 23.1. The molecule has 0 aliphatic rings. The van der Waals surface area contributed by atoms with Gasteiger partial charge in [-0.3, -0.25) is 4.79 Å². The minimum Gasteiger partial charge on any atom is -0.497 e. The number of allylic oxidation sites excluding steroid dienone is 1. The molecule has 0 heterocycles. The third-order valence-electron chi connectivity index (χ3n) is 4.57. The predicted octanol–water partition coefficient (Wildman–Crippen LogP) is 5.59. The third kappa shape index (κ3) is 5.56. The van der Waals surface area contributed by atoms with Gasteiger partial charge in [0, 0.05) is 10.5 Å². The molecule has 0 spiro atoms. The van der Waals surface area contributed by atoms with Crippen molar-refractivity contribution in [1.29, 1.82) is 0 Å². The lowest BCUT2D eigenvalue weighted by molar-refractivity contribution is 0.0729. The normalized spacial score (nSPS) is 10.6. The van der Waals surface area contributed by atoms with E-state index in [0.29, 0.717) is 33.9 Å². The minimum absolute atomic E-state index is 0.228. The lowest BCUT2D eigenvalue weighted by Gasteiger charge is -2.10. The van der Waals surface area contributed by atoms with Gasteiger partial charge in [0.25, 0.3) is 0 Å². The van der Waals surface area contributed by atoms with Gasteiger partial charge in [-0.05, 0) is 60.2 Å². The van der Waals surface area contributed by atoms with E-state index in [2.05, 4.69) is 15.9 Å². The van der Waals surface area contributed by atoms with Crippen molar-refractivity contribution < 1.29 is 28.5 Å². The molecule has 3 aromatic carbocycles. The zero-order valence-corrected chi connectivity index (χ0v) is 19.3. The van der Waals surface area contributed by atoms with Crippen LogP contribution in [0.1, 0.15) is 26.3 Å². The van der Waals surface area contributed by atoms with Crippen LogP contribution in [0.2, 0.25) is 0 Å². The lowest BCUT2D eigenvalue weighted by Crippen LogP contribution is -2.09. The number of halogens is 1. The number of ether oxygens (including phenoxy) is 4. The van der Waals surface area contributed by atoms with Gasteiger partial charge in [-0.25, -0.2) is 4.79 Å². The molecule has 32 heavy (non-hydrogen) atoms. The fraction of sp³-hybridized carbons (Fsp3) is 0.120. The van der Waals surface area contributed by atoms with Crippen molar-refractivity contribution >= 4 is 33.8 Å². The Hall–Kier alpha value is -3.58. The maximum absolute atomic E-state index is 12.6. The van der Waals surface area contributed by atoms with Crippen LogP contribution in [0.15, 0.2) is 71.2 Å². The van der Waals surface area contributed by atoms with Crippen LogP contribution < -0.4 is 18.9 Å². The maximum Gasteiger partial charge on any atom is 0.343 e. The van der Waals surface area contributed by atoms with Crippen LogP contribution in [0.3, 0.4) is 0 Å². The van der Waals surface area contributed by atoms with E-state index in [1.807, 2.05) is 0 Å². The number of ketones is 1. The predicted molar refractivity (Wildman–Crippen MR) is 125 cm³/mol. The summed E-state index contributed by atoms with van der Waals surface area (Å²) in [5, 5.41) is 0. The number of esters is 1. The third-order valence-corrected chi connectivity index (χ3v) is 5.10. The van der Waals surface area contributed by atoms with Crippen LogP contribution in [-0.2, 0) is 0 Å². The van der Waals surface area contributed by atoms with E-state index in [0.717, 1.165) is 4.47 Å². The average molecular weight is 497 g/mol. The number of benzene rings is 3. The van der Waals surface area contributed by atoms with Crippen LogP contribution >= 0.6 is 15.9 Å². The molecule has 0 atom stereocenters. The molecule has 0 aliphatic carbocycles. The van der Waals surface area contributed by atoms with E-state index in [4.69, 9.17) is 18.9 Å². The number of methoxy groups -OCH3 is 3. The number of hydrogen-bond donors (Lipinski definition) is 0. The molecule has 0 aliphatic heterocycles. The summed E-state index contributed by atoms with van der Waals surface area (Å²) in [6, 6.07) is 16.9. The van der Waals surface area contributed by atoms with E-state index >= 15 is 0 Å². The van der Waals surface area contributed by atoms with Crippen molar-refractivity contribution in [1.82, 2.24) is 0 Å². The first-order valence-corrected chi connectivity index (χ1v) is 10.3. The standard InChI is InChI=1S/C25H21BrO6/c1-29-19-10-11-20(23(15-19)30-2)21(27)12-4-16-5-13-22(24(14-16)31-3)32-25(28)17-6-8-18(26)9-7-17/h4-15H,1-3H3/b12-4+. The monoisotopic (exact) mass is 496 g/mol. The topological polar surface area (TPSA) is 71.1 Å². The summed E-state index contributed by atoms with van der Waals surface area (Å²) < 4.78 is 22.1. The molecule has 0 radical (unpaired) electrons. The Kier molecular flexibility index (Phi) is 7.68. The van der Waals surface area contributed by atoms with Gasteiger partial charge in [0.1, 0.15) is 11.5 Å². The summed E-state index contributed by atoms with van der Waals surface area (Å²) in [6.07, 6.45) is 3.08. The molecule has 0 amide bonds. The molecule has 0 saturated heterocycles. The Labute approximate surface area is 194 Å². The fourth-order valence-electron chi connectivity index (χ4n) is 2.88. The average Bonchev–Trinajstić information content (AvgIpc) is 2.82. The van der Waals surface area contributed by atoms with Gasteiger partial charge in [-0.1, -0.05) is 28.1 Å². The van der Waals surface area contributed by atoms with Crippen LogP contribution in [0, 0.1) is 0 Å². The Bertz CT molecular complexity index is 1150. The summed E-state index contributed by atoms with van der Waals surface area (Å²) in [4.78, 5) is 25.0. The first-order valence-electron chi connectivity index (χ1n) is 9.55. The van der Waals surface area contributed by atoms with Crippen LogP contribution in [0.4, 0.5) is 0 Å². The van der Waals surface area contributed by atoms with Gasteiger partial charge in [0.15, 0.2) is 17.3 Å². The highest BCUT2D eigenvalue weighted by Gasteiger charge is 2.14. The molecule has 0 N–H and O–H groups in total. The van der Waals surface area contributed by atoms with Crippen molar-refractivity contribution in [3.8, 4) is 23.0 Å². The van der Waals surface area contributed by atoms with Crippen LogP contribution in [0.25, 0.3) is 6.08 Å². The Morgan fingerprint density at radius 1 is 0.781 bits per heavy atom. The summed E-state index contributed by atoms with van der Waals surface area (Å²) in [7, 11) is 4.52. The second kappa shape index (κ2) is 10.6. The Balaban J connectivity index is 1.77. The molecule has 0 bridgehead atoms. The van der Waals surface area contributed by atoms with Crippen molar-refractivity contribution in [3.05, 3.63) is 87.9 Å². The molecular formula is C25H21BrO6. The van der Waals surface area contributed by atoms with Crippen molar-refractivity contribution in [2.45, 2.75) is 0 Å². The fourth-order valence-corrected chi connectivity index (χ4v) is 3.15. The van der Waals surface area contributed by atoms with E-state index in [1.54, 1.807) is 73.8 Å². The minimum atomic E-state index is -0.499. The molecule has 0 saturated carbocycles. The molecule has 0 unspecified atom stereocenters. The Morgan fingerprint density at radius 3 is 2.16 bits per heavy atom. The first-order chi connectivity index (χ1) is 15.4. The van der Waals surface area contributed by atoms with E-state index in [1.165, 1.54) is 20.3 Å². The highest BCUT2D eigenvalue weighted by Crippen LogP contribution is 2.30. The molecule has 7 heteroatoms. The first kappa shape index (κ1) is 23.1. The zero-order valence-electron chi connectivity index (χ0n) is 17.8. The number of carbonyl (C=O) groups is 2. The molecule has 0 fully saturated rings. The van der Waals surface area contributed by atoms with Crippen molar-refractivity contribution in [3.63, 3.8) is 0 Å². The van der Waals surface area contributed by atoms with Gasteiger partial charge >= 0.3 is 5.97 Å². The second-order valence-corrected chi connectivity index (χ2v) is 7.49. The quantitative estimate of drug-likeness (QED) is 0.175. The summed E-state index contributed by atoms with van der Waals surface area (Å²) in [5.74, 6) is 0.940. The highest BCUT2D eigenvalue weighted by molar-refractivity contribution is 9.10. The van der Waals surface area contributed by atoms with Gasteiger partial charge in [-0.2, -0.15) is 0 Å². The lowest BCUT2D eigenvalue weighted by atomic mass is 10.1. The Morgan fingerprint density at radius 2 is 1.50 bits per heavy atom. The summed E-state index contributed by atoms with van der Waals surface area (Å²) >= 11 is 3.33. The van der Waals surface area contributed by atoms with Gasteiger partial charge < -0.3 is 18.9 Å². The van der Waals surface area contributed by atoms with Gasteiger partial charge in [0.2, 0.25) is 0 Å². The highest BCUT2D eigenvalue weighted by atomic mass is 79.9. The summed E-state index contributed by atoms with van der Waals surface area (Å²) in [6.45, 7) is 0. The van der Waals surface area contributed by atoms with Crippen LogP contribution in [0.5, 0.6) is 23.0 Å². The largest absolute Gasteiger partial charge is 0.497 e. The second-order valence-electron chi connectivity index (χ2n) is 6.57. The molecule has 0 aromatic heterocycles. The van der Waals surface area contributed by atoms with E-state index in [9.17, 15) is 9.59 Å². The van der Waals surface area contributed by atoms with E-state index < -0.39 is 5.97 Å². The maximum atomic E-state index is 12.6. The number of rotatable bonds is 8.